The Bertz CT molecular complexity index is 388. The van der Waals surface area contributed by atoms with Gasteiger partial charge in [-0.25, -0.2) is 4.98 Å². The summed E-state index contributed by atoms with van der Waals surface area (Å²) in [7, 11) is 0. The van der Waals surface area contributed by atoms with Crippen molar-refractivity contribution in [2.75, 3.05) is 32.7 Å². The number of hydrogen-bond acceptors (Lipinski definition) is 4. The monoisotopic (exact) mass is 264 g/mol. The van der Waals surface area contributed by atoms with E-state index in [0.29, 0.717) is 0 Å². The van der Waals surface area contributed by atoms with Crippen molar-refractivity contribution >= 4 is 0 Å². The van der Waals surface area contributed by atoms with Crippen LogP contribution < -0.4 is 0 Å². The highest BCUT2D eigenvalue weighted by Crippen LogP contribution is 2.24. The van der Waals surface area contributed by atoms with Gasteiger partial charge < -0.3 is 15.0 Å². The van der Waals surface area contributed by atoms with Crippen molar-refractivity contribution in [1.82, 2.24) is 19.8 Å². The van der Waals surface area contributed by atoms with Gasteiger partial charge in [0.25, 0.3) is 0 Å². The van der Waals surface area contributed by atoms with Crippen molar-refractivity contribution in [3.8, 4) is 0 Å². The smallest absolute Gasteiger partial charge is 0.120 e. The van der Waals surface area contributed by atoms with Gasteiger partial charge in [-0.05, 0) is 32.4 Å². The number of hydrogen-bond donors (Lipinski definition) is 2. The van der Waals surface area contributed by atoms with Crippen LogP contribution in [0.4, 0.5) is 0 Å². The largest absolute Gasteiger partial charge is 0.387 e. The molecule has 5 nitrogen and oxygen atoms in total. The van der Waals surface area contributed by atoms with Crippen molar-refractivity contribution in [1.29, 1.82) is 0 Å². The number of aromatic amines is 1. The van der Waals surface area contributed by atoms with Crippen molar-refractivity contribution in [2.45, 2.75) is 37.8 Å². The minimum absolute atomic E-state index is 0.524. The first-order chi connectivity index (χ1) is 9.23. The first-order valence-corrected chi connectivity index (χ1v) is 7.39. The lowest BCUT2D eigenvalue weighted by Gasteiger charge is -2.33. The fourth-order valence-corrected chi connectivity index (χ4v) is 3.33. The molecule has 2 fully saturated rings. The summed E-state index contributed by atoms with van der Waals surface area (Å²) >= 11 is 0. The zero-order valence-electron chi connectivity index (χ0n) is 11.5. The first kappa shape index (κ1) is 13.1. The molecule has 1 aromatic heterocycles. The van der Waals surface area contributed by atoms with E-state index in [1.54, 1.807) is 6.20 Å². The van der Waals surface area contributed by atoms with E-state index in [4.69, 9.17) is 0 Å². The zero-order valence-corrected chi connectivity index (χ0v) is 11.5. The number of aliphatic hydroxyl groups is 1. The molecule has 0 aliphatic carbocycles. The Hall–Kier alpha value is -0.910. The summed E-state index contributed by atoms with van der Waals surface area (Å²) in [6.07, 6.45) is 8.43. The van der Waals surface area contributed by atoms with Gasteiger partial charge in [-0.15, -0.1) is 0 Å². The molecule has 1 aromatic rings. The maximum atomic E-state index is 10.7. The van der Waals surface area contributed by atoms with Gasteiger partial charge >= 0.3 is 0 Å². The van der Waals surface area contributed by atoms with Crippen LogP contribution in [0, 0.1) is 0 Å². The average Bonchev–Trinajstić information content (AvgIpc) is 3.02. The first-order valence-electron chi connectivity index (χ1n) is 7.39. The number of H-pyrrole nitrogens is 1. The maximum absolute atomic E-state index is 10.7. The highest BCUT2D eigenvalue weighted by Gasteiger charge is 2.37. The Morgan fingerprint density at radius 3 is 2.79 bits per heavy atom. The number of nitrogens with one attached hydrogen (secondary N) is 1. The van der Waals surface area contributed by atoms with Gasteiger partial charge in [-0.1, -0.05) is 6.42 Å². The Balaban J connectivity index is 1.51. The minimum atomic E-state index is -0.524. The summed E-state index contributed by atoms with van der Waals surface area (Å²) in [5, 5.41) is 10.7. The summed E-state index contributed by atoms with van der Waals surface area (Å²) in [4.78, 5) is 12.1. The lowest BCUT2D eigenvalue weighted by molar-refractivity contribution is 0.00620. The zero-order chi connectivity index (χ0) is 13.1. The molecular weight excluding hydrogens is 240 g/mol. The molecule has 106 valence electrons. The Morgan fingerprint density at radius 2 is 2.05 bits per heavy atom. The Labute approximate surface area is 114 Å². The molecule has 5 heteroatoms. The fourth-order valence-electron chi connectivity index (χ4n) is 3.33. The van der Waals surface area contributed by atoms with Crippen molar-refractivity contribution in [3.05, 3.63) is 18.2 Å². The van der Waals surface area contributed by atoms with Gasteiger partial charge in [0.1, 0.15) is 5.82 Å². The average molecular weight is 264 g/mol. The molecule has 1 atom stereocenters. The standard InChI is InChI=1S/C14H24N4O/c19-14(11-17-7-2-1-3-8-17)4-9-18(12-14)10-13-15-5-6-16-13/h5-6,19H,1-4,7-12H2,(H,15,16)/t14-/m0/s1. The van der Waals surface area contributed by atoms with Crippen LogP contribution >= 0.6 is 0 Å². The van der Waals surface area contributed by atoms with Crippen LogP contribution in [0.15, 0.2) is 12.4 Å². The van der Waals surface area contributed by atoms with Crippen LogP contribution in [0.25, 0.3) is 0 Å². The normalized spacial score (nSPS) is 29.9. The van der Waals surface area contributed by atoms with Crippen LogP contribution in [0.1, 0.15) is 31.5 Å². The number of likely N-dealkylation sites (tertiary alicyclic amines) is 2. The van der Waals surface area contributed by atoms with E-state index < -0.39 is 5.60 Å². The van der Waals surface area contributed by atoms with Crippen LogP contribution in [-0.2, 0) is 6.54 Å². The summed E-state index contributed by atoms with van der Waals surface area (Å²) < 4.78 is 0. The van der Waals surface area contributed by atoms with Crippen LogP contribution in [0.5, 0.6) is 0 Å². The lowest BCUT2D eigenvalue weighted by atomic mass is 10.0. The van der Waals surface area contributed by atoms with Crippen molar-refractivity contribution in [3.63, 3.8) is 0 Å². The molecule has 0 saturated carbocycles. The Kier molecular flexibility index (Phi) is 3.86. The highest BCUT2D eigenvalue weighted by molar-refractivity contribution is 4.96. The van der Waals surface area contributed by atoms with E-state index in [1.165, 1.54) is 19.3 Å². The highest BCUT2D eigenvalue weighted by atomic mass is 16.3. The third kappa shape index (κ3) is 3.35. The number of aromatic nitrogens is 2. The van der Waals surface area contributed by atoms with E-state index in [-0.39, 0.29) is 0 Å². The number of imidazole rings is 1. The molecule has 2 aliphatic rings. The topological polar surface area (TPSA) is 55.4 Å². The summed E-state index contributed by atoms with van der Waals surface area (Å²) in [5.41, 5.74) is -0.524. The molecule has 0 spiro atoms. The number of nitrogens with zero attached hydrogens (tertiary/aromatic N) is 3. The molecule has 0 amide bonds. The Morgan fingerprint density at radius 1 is 1.21 bits per heavy atom. The van der Waals surface area contributed by atoms with E-state index in [2.05, 4.69) is 19.8 Å². The predicted octanol–water partition coefficient (Wildman–Crippen LogP) is 0.832. The SMILES string of the molecule is O[C@]1(CN2CCCCC2)CCN(Cc2ncc[nH]2)C1. The maximum Gasteiger partial charge on any atom is 0.120 e. The van der Waals surface area contributed by atoms with E-state index in [9.17, 15) is 5.11 Å². The molecule has 3 rings (SSSR count). The number of piperidine rings is 1. The molecule has 3 heterocycles. The van der Waals surface area contributed by atoms with E-state index >= 15 is 0 Å². The third-order valence-corrected chi connectivity index (χ3v) is 4.31. The quantitative estimate of drug-likeness (QED) is 0.846. The molecule has 19 heavy (non-hydrogen) atoms. The molecule has 0 aromatic carbocycles. The van der Waals surface area contributed by atoms with Crippen LogP contribution in [0.2, 0.25) is 0 Å². The van der Waals surface area contributed by atoms with Gasteiger partial charge in [0.2, 0.25) is 0 Å². The summed E-state index contributed by atoms with van der Waals surface area (Å²) in [6.45, 7) is 5.69. The summed E-state index contributed by atoms with van der Waals surface area (Å²) in [5.74, 6) is 0.988. The second-order valence-electron chi connectivity index (χ2n) is 6.06. The van der Waals surface area contributed by atoms with Gasteiger partial charge in [0.15, 0.2) is 0 Å². The molecule has 0 bridgehead atoms. The van der Waals surface area contributed by atoms with Gasteiger partial charge in [0.05, 0.1) is 12.1 Å². The van der Waals surface area contributed by atoms with Crippen molar-refractivity contribution in [2.24, 2.45) is 0 Å². The van der Waals surface area contributed by atoms with Crippen LogP contribution in [-0.4, -0.2) is 63.2 Å². The molecule has 0 unspecified atom stereocenters. The third-order valence-electron chi connectivity index (χ3n) is 4.31. The minimum Gasteiger partial charge on any atom is -0.387 e. The summed E-state index contributed by atoms with van der Waals surface area (Å²) in [6, 6.07) is 0. The van der Waals surface area contributed by atoms with E-state index in [1.807, 2.05) is 6.20 Å². The number of rotatable bonds is 4. The molecule has 2 N–H and O–H groups in total. The van der Waals surface area contributed by atoms with Crippen LogP contribution in [0.3, 0.4) is 0 Å². The van der Waals surface area contributed by atoms with Gasteiger partial charge in [-0.3, -0.25) is 4.90 Å². The second-order valence-corrected chi connectivity index (χ2v) is 6.06. The second kappa shape index (κ2) is 5.61. The molecule has 2 aliphatic heterocycles. The molecule has 0 radical (unpaired) electrons. The fraction of sp³-hybridized carbons (Fsp3) is 0.786. The van der Waals surface area contributed by atoms with E-state index in [0.717, 1.165) is 51.5 Å². The van der Waals surface area contributed by atoms with Gasteiger partial charge in [0, 0.05) is 32.0 Å². The number of β-amino-alcohol motifs (C(OH)–C–C–N with tert-alkyl or cyclic N) is 1. The molecular formula is C14H24N4O. The molecule has 2 saturated heterocycles. The van der Waals surface area contributed by atoms with Gasteiger partial charge in [-0.2, -0.15) is 0 Å². The lowest BCUT2D eigenvalue weighted by Crippen LogP contribution is -2.46. The predicted molar refractivity (Wildman–Crippen MR) is 73.7 cm³/mol. The van der Waals surface area contributed by atoms with Crippen molar-refractivity contribution < 1.29 is 5.11 Å².